The van der Waals surface area contributed by atoms with Crippen molar-refractivity contribution in [1.29, 1.82) is 0 Å². The number of methoxy groups -OCH3 is 2. The van der Waals surface area contributed by atoms with Crippen LogP contribution >= 0.6 is 0 Å². The molecule has 1 aromatic heterocycles. The van der Waals surface area contributed by atoms with Crippen LogP contribution in [0.1, 0.15) is 103 Å². The van der Waals surface area contributed by atoms with E-state index in [-0.39, 0.29) is 11.5 Å². The number of aromatic nitrogens is 2. The van der Waals surface area contributed by atoms with Crippen LogP contribution in [-0.2, 0) is 4.79 Å². The van der Waals surface area contributed by atoms with E-state index in [0.29, 0.717) is 46.1 Å². The number of anilines is 2. The van der Waals surface area contributed by atoms with Crippen molar-refractivity contribution in [3.63, 3.8) is 0 Å². The van der Waals surface area contributed by atoms with Gasteiger partial charge in [0.05, 0.1) is 32.0 Å². The molecule has 0 saturated heterocycles. The van der Waals surface area contributed by atoms with Gasteiger partial charge in [-0.05, 0) is 62.2 Å². The Hall–Kier alpha value is -4.05. The van der Waals surface area contributed by atoms with Crippen molar-refractivity contribution in [3.05, 3.63) is 42.2 Å². The summed E-state index contributed by atoms with van der Waals surface area (Å²) in [6.45, 7) is 8.32. The molecular weight excluding hydrogens is 608 g/mol. The highest BCUT2D eigenvalue weighted by atomic mass is 16.5. The number of nitrogens with one attached hydrogen (secondary N) is 1. The van der Waals surface area contributed by atoms with Crippen LogP contribution in [0.15, 0.2) is 36.7 Å². The Bertz CT molecular complexity index is 1410. The summed E-state index contributed by atoms with van der Waals surface area (Å²) < 4.78 is 17.3. The summed E-state index contributed by atoms with van der Waals surface area (Å²) in [6, 6.07) is 6.84. The average molecular weight is 665 g/mol. The number of aliphatic carboxylic acids is 1. The number of phenolic OH excluding ortho intramolecular Hbond substituents is 1. The summed E-state index contributed by atoms with van der Waals surface area (Å²) in [7, 11) is 3.04. The fraction of sp³-hybridized carbons (Fsp3) is 0.553. The molecule has 0 unspecified atom stereocenters. The molecule has 3 aromatic rings. The van der Waals surface area contributed by atoms with Gasteiger partial charge in [0.15, 0.2) is 23.0 Å². The Morgan fingerprint density at radius 1 is 0.792 bits per heavy atom. The SMILES string of the molecule is CCCCCCCCN(CCCCCCCC)CCCOc1cc2c(Nc3cc(/C=C/C(=O)O)cc(OC)c3O)ncnc2cc1OC. The van der Waals surface area contributed by atoms with E-state index in [0.717, 1.165) is 32.1 Å². The molecule has 0 spiro atoms. The second kappa shape index (κ2) is 21.8. The molecular formula is C38H56N4O6. The lowest BCUT2D eigenvalue weighted by Crippen LogP contribution is -2.28. The predicted octanol–water partition coefficient (Wildman–Crippen LogP) is 8.99. The first-order valence-electron chi connectivity index (χ1n) is 17.7. The van der Waals surface area contributed by atoms with Crippen LogP contribution in [0.2, 0.25) is 0 Å². The largest absolute Gasteiger partial charge is 0.503 e. The highest BCUT2D eigenvalue weighted by molar-refractivity contribution is 5.94. The number of phenols is 1. The Labute approximate surface area is 286 Å². The molecule has 0 amide bonds. The van der Waals surface area contributed by atoms with Gasteiger partial charge in [0.1, 0.15) is 12.1 Å². The summed E-state index contributed by atoms with van der Waals surface area (Å²) in [5, 5.41) is 23.7. The predicted molar refractivity (Wildman–Crippen MR) is 194 cm³/mol. The van der Waals surface area contributed by atoms with E-state index in [2.05, 4.69) is 34.0 Å². The lowest BCUT2D eigenvalue weighted by Gasteiger charge is -2.22. The first-order valence-corrected chi connectivity index (χ1v) is 17.7. The van der Waals surface area contributed by atoms with Crippen molar-refractivity contribution in [1.82, 2.24) is 14.9 Å². The zero-order valence-electron chi connectivity index (χ0n) is 29.4. The summed E-state index contributed by atoms with van der Waals surface area (Å²) >= 11 is 0. The summed E-state index contributed by atoms with van der Waals surface area (Å²) in [4.78, 5) is 22.5. The molecule has 3 N–H and O–H groups in total. The first-order chi connectivity index (χ1) is 23.4. The van der Waals surface area contributed by atoms with Crippen molar-refractivity contribution in [2.75, 3.05) is 45.8 Å². The van der Waals surface area contributed by atoms with Gasteiger partial charge < -0.3 is 34.6 Å². The number of nitrogens with zero attached hydrogens (tertiary/aromatic N) is 3. The first kappa shape index (κ1) is 38.4. The Morgan fingerprint density at radius 3 is 2.04 bits per heavy atom. The molecule has 3 rings (SSSR count). The van der Waals surface area contributed by atoms with Gasteiger partial charge in [-0.3, -0.25) is 0 Å². The summed E-state index contributed by atoms with van der Waals surface area (Å²) in [5.41, 5.74) is 1.46. The number of fused-ring (bicyclic) bond motifs is 1. The molecule has 0 aliphatic carbocycles. The van der Waals surface area contributed by atoms with Gasteiger partial charge >= 0.3 is 5.97 Å². The number of unbranched alkanes of at least 4 members (excludes halogenated alkanes) is 10. The van der Waals surface area contributed by atoms with Crippen molar-refractivity contribution < 1.29 is 29.2 Å². The van der Waals surface area contributed by atoms with Crippen LogP contribution in [0.3, 0.4) is 0 Å². The molecule has 0 atom stereocenters. The van der Waals surface area contributed by atoms with E-state index < -0.39 is 5.97 Å². The van der Waals surface area contributed by atoms with E-state index in [1.165, 1.54) is 96.6 Å². The molecule has 264 valence electrons. The summed E-state index contributed by atoms with van der Waals surface area (Å²) in [6.07, 6.45) is 20.4. The third-order valence-electron chi connectivity index (χ3n) is 8.44. The minimum Gasteiger partial charge on any atom is -0.503 e. The topological polar surface area (TPSA) is 126 Å². The highest BCUT2D eigenvalue weighted by Crippen LogP contribution is 2.40. The maximum atomic E-state index is 11.1. The van der Waals surface area contributed by atoms with Gasteiger partial charge in [0.2, 0.25) is 0 Å². The van der Waals surface area contributed by atoms with E-state index in [4.69, 9.17) is 19.3 Å². The molecule has 0 fully saturated rings. The third-order valence-corrected chi connectivity index (χ3v) is 8.44. The highest BCUT2D eigenvalue weighted by Gasteiger charge is 2.16. The molecule has 0 bridgehead atoms. The van der Waals surface area contributed by atoms with E-state index in [9.17, 15) is 9.90 Å². The number of carbonyl (C=O) groups is 1. The van der Waals surface area contributed by atoms with Crippen LogP contribution in [0.4, 0.5) is 11.5 Å². The molecule has 10 heteroatoms. The van der Waals surface area contributed by atoms with Crippen LogP contribution in [0, 0.1) is 0 Å². The quantitative estimate of drug-likeness (QED) is 0.0459. The molecule has 48 heavy (non-hydrogen) atoms. The lowest BCUT2D eigenvalue weighted by atomic mass is 10.1. The van der Waals surface area contributed by atoms with E-state index in [1.54, 1.807) is 19.2 Å². The van der Waals surface area contributed by atoms with Crippen molar-refractivity contribution in [2.24, 2.45) is 0 Å². The average Bonchev–Trinajstić information content (AvgIpc) is 3.09. The lowest BCUT2D eigenvalue weighted by molar-refractivity contribution is -0.131. The standard InChI is InChI=1S/C38H56N4O6/c1-5-7-9-11-13-15-20-42(21-16-14-12-10-8-6-2)22-17-23-48-34-26-30-31(27-33(34)46-3)39-28-40-38(30)41-32-24-29(18-19-36(43)44)25-35(47-4)37(32)45/h18-19,24-28,45H,5-17,20-23H2,1-4H3,(H,43,44)(H,39,40,41)/b19-18+. The molecule has 10 nitrogen and oxygen atoms in total. The van der Waals surface area contributed by atoms with Gasteiger partial charge in [-0.15, -0.1) is 0 Å². The molecule has 0 aliphatic rings. The van der Waals surface area contributed by atoms with Gasteiger partial charge in [-0.25, -0.2) is 14.8 Å². The van der Waals surface area contributed by atoms with Crippen LogP contribution < -0.4 is 19.5 Å². The van der Waals surface area contributed by atoms with Gasteiger partial charge in [-0.1, -0.05) is 78.1 Å². The number of rotatable bonds is 25. The molecule has 0 aliphatic heterocycles. The summed E-state index contributed by atoms with van der Waals surface area (Å²) in [5.74, 6) is 0.579. The zero-order valence-corrected chi connectivity index (χ0v) is 29.4. The van der Waals surface area contributed by atoms with E-state index >= 15 is 0 Å². The number of benzene rings is 2. The molecule has 0 saturated carbocycles. The maximum absolute atomic E-state index is 11.1. The number of ether oxygens (including phenoxy) is 3. The number of hydrogen-bond donors (Lipinski definition) is 3. The number of aromatic hydroxyl groups is 1. The van der Waals surface area contributed by atoms with Gasteiger partial charge in [0.25, 0.3) is 0 Å². The Kier molecular flexibility index (Phi) is 17.4. The third kappa shape index (κ3) is 12.9. The smallest absolute Gasteiger partial charge is 0.328 e. The van der Waals surface area contributed by atoms with E-state index in [1.807, 2.05) is 12.1 Å². The fourth-order valence-corrected chi connectivity index (χ4v) is 5.74. The monoisotopic (exact) mass is 664 g/mol. The molecule has 0 radical (unpaired) electrons. The van der Waals surface area contributed by atoms with Crippen molar-refractivity contribution >= 4 is 34.5 Å². The second-order valence-corrected chi connectivity index (χ2v) is 12.2. The fourth-order valence-electron chi connectivity index (χ4n) is 5.74. The van der Waals surface area contributed by atoms with Gasteiger partial charge in [0, 0.05) is 24.1 Å². The van der Waals surface area contributed by atoms with Crippen molar-refractivity contribution in [3.8, 4) is 23.0 Å². The molecule has 1 heterocycles. The van der Waals surface area contributed by atoms with Crippen molar-refractivity contribution in [2.45, 2.75) is 97.3 Å². The number of carboxylic acid groups (broad SMARTS) is 1. The Balaban J connectivity index is 1.70. The Morgan fingerprint density at radius 2 is 1.42 bits per heavy atom. The minimum atomic E-state index is -1.08. The second-order valence-electron chi connectivity index (χ2n) is 12.2. The number of carboxylic acids is 1. The van der Waals surface area contributed by atoms with Crippen LogP contribution in [-0.4, -0.2) is 71.5 Å². The normalized spacial score (nSPS) is 11.4. The molecule has 2 aromatic carbocycles. The van der Waals surface area contributed by atoms with Crippen LogP contribution in [0.5, 0.6) is 23.0 Å². The minimum absolute atomic E-state index is 0.131. The maximum Gasteiger partial charge on any atom is 0.328 e. The van der Waals surface area contributed by atoms with Gasteiger partial charge in [-0.2, -0.15) is 0 Å². The van der Waals surface area contributed by atoms with Crippen LogP contribution in [0.25, 0.3) is 17.0 Å². The zero-order chi connectivity index (χ0) is 34.6. The number of hydrogen-bond acceptors (Lipinski definition) is 9.